The van der Waals surface area contributed by atoms with Crippen LogP contribution in [-0.4, -0.2) is 26.5 Å². The van der Waals surface area contributed by atoms with Crippen LogP contribution in [0.2, 0.25) is 0 Å². The van der Waals surface area contributed by atoms with Crippen LogP contribution in [0.15, 0.2) is 24.4 Å². The van der Waals surface area contributed by atoms with Crippen LogP contribution in [0.4, 0.5) is 13.2 Å². The first-order valence-corrected chi connectivity index (χ1v) is 7.09. The van der Waals surface area contributed by atoms with E-state index in [9.17, 15) is 13.2 Å². The summed E-state index contributed by atoms with van der Waals surface area (Å²) in [5, 5.41) is 12.8. The van der Waals surface area contributed by atoms with Gasteiger partial charge in [0, 0.05) is 18.5 Å². The van der Waals surface area contributed by atoms with Crippen molar-refractivity contribution in [3.8, 4) is 11.3 Å². The lowest BCUT2D eigenvalue weighted by molar-refractivity contribution is -0.141. The summed E-state index contributed by atoms with van der Waals surface area (Å²) in [7, 11) is 0. The van der Waals surface area contributed by atoms with Crippen molar-refractivity contribution >= 4 is 0 Å². The van der Waals surface area contributed by atoms with E-state index in [2.05, 4.69) is 10.1 Å². The Morgan fingerprint density at radius 2 is 2.05 bits per heavy atom. The second-order valence-electron chi connectivity index (χ2n) is 5.71. The summed E-state index contributed by atoms with van der Waals surface area (Å²) < 4.78 is 41.1. The largest absolute Gasteiger partial charge is 0.435 e. The number of aryl methyl sites for hydroxylation is 1. The van der Waals surface area contributed by atoms with Gasteiger partial charge in [0.25, 0.3) is 0 Å². The lowest BCUT2D eigenvalue weighted by Gasteiger charge is -2.34. The maximum atomic E-state index is 13.2. The van der Waals surface area contributed by atoms with Crippen molar-refractivity contribution in [2.45, 2.75) is 32.0 Å². The van der Waals surface area contributed by atoms with E-state index >= 15 is 0 Å². The first-order chi connectivity index (χ1) is 10.4. The average Bonchev–Trinajstić information content (AvgIpc) is 2.82. The monoisotopic (exact) mass is 311 g/mol. The zero-order chi connectivity index (χ0) is 15.9. The molecule has 118 valence electrons. The van der Waals surface area contributed by atoms with Gasteiger partial charge in [-0.2, -0.15) is 18.3 Å². The zero-order valence-electron chi connectivity index (χ0n) is 12.0. The Kier molecular flexibility index (Phi) is 3.68. The zero-order valence-corrected chi connectivity index (χ0v) is 12.0. The minimum Gasteiger partial charge on any atom is -0.396 e. The van der Waals surface area contributed by atoms with Gasteiger partial charge < -0.3 is 5.11 Å². The van der Waals surface area contributed by atoms with E-state index in [0.717, 1.165) is 0 Å². The van der Waals surface area contributed by atoms with Crippen molar-refractivity contribution in [3.05, 3.63) is 35.8 Å². The number of rotatable bonds is 3. The Balaban J connectivity index is 1.99. The third kappa shape index (κ3) is 2.72. The summed E-state index contributed by atoms with van der Waals surface area (Å²) in [6.07, 6.45) is -1.80. The Labute approximate surface area is 125 Å². The van der Waals surface area contributed by atoms with Crippen LogP contribution in [0.25, 0.3) is 11.3 Å². The van der Waals surface area contributed by atoms with Crippen LogP contribution in [0.3, 0.4) is 0 Å². The first-order valence-electron chi connectivity index (χ1n) is 7.09. The van der Waals surface area contributed by atoms with Gasteiger partial charge in [-0.25, -0.2) is 0 Å². The Bertz CT molecular complexity index is 675. The van der Waals surface area contributed by atoms with Crippen LogP contribution in [-0.2, 0) is 6.18 Å². The van der Waals surface area contributed by atoms with Crippen LogP contribution in [0.1, 0.15) is 30.3 Å². The highest BCUT2D eigenvalue weighted by molar-refractivity contribution is 5.62. The lowest BCUT2D eigenvalue weighted by atomic mass is 9.81. The normalized spacial score (nSPS) is 21.7. The molecule has 2 heterocycles. The number of pyridine rings is 1. The van der Waals surface area contributed by atoms with Gasteiger partial charge in [-0.15, -0.1) is 0 Å². The Hall–Kier alpha value is -1.89. The van der Waals surface area contributed by atoms with Crippen LogP contribution < -0.4 is 0 Å². The van der Waals surface area contributed by atoms with E-state index in [0.29, 0.717) is 18.5 Å². The van der Waals surface area contributed by atoms with Crippen molar-refractivity contribution in [1.29, 1.82) is 0 Å². The van der Waals surface area contributed by atoms with Crippen molar-refractivity contribution < 1.29 is 18.3 Å². The topological polar surface area (TPSA) is 50.9 Å². The summed E-state index contributed by atoms with van der Waals surface area (Å²) in [5.41, 5.74) is 0.0284. The van der Waals surface area contributed by atoms with Crippen LogP contribution >= 0.6 is 0 Å². The maximum absolute atomic E-state index is 13.2. The fourth-order valence-electron chi connectivity index (χ4n) is 2.73. The highest BCUT2D eigenvalue weighted by Gasteiger charge is 2.40. The van der Waals surface area contributed by atoms with Gasteiger partial charge in [-0.1, -0.05) is 6.07 Å². The number of nitrogens with zero attached hydrogens (tertiary/aromatic N) is 3. The lowest BCUT2D eigenvalue weighted by Crippen LogP contribution is -2.29. The van der Waals surface area contributed by atoms with E-state index in [1.807, 2.05) is 0 Å². The van der Waals surface area contributed by atoms with E-state index < -0.39 is 11.9 Å². The molecule has 0 unspecified atom stereocenters. The summed E-state index contributed by atoms with van der Waals surface area (Å²) in [6, 6.07) is 4.89. The molecule has 0 saturated heterocycles. The molecule has 0 aliphatic heterocycles. The van der Waals surface area contributed by atoms with Crippen LogP contribution in [0.5, 0.6) is 0 Å². The van der Waals surface area contributed by atoms with Gasteiger partial charge in [-0.3, -0.25) is 9.67 Å². The van der Waals surface area contributed by atoms with E-state index in [1.165, 1.54) is 10.9 Å². The standard InChI is InChI=1S/C15H16F3N3O/c1-9-3-2-4-13(19-9)12-7-21(11-5-10(6-11)8-22)20-14(12)15(16,17)18/h2-4,7,10-11,22H,5-6,8H2,1H3. The van der Waals surface area contributed by atoms with E-state index in [1.54, 1.807) is 25.1 Å². The molecule has 0 aromatic carbocycles. The van der Waals surface area contributed by atoms with Crippen LogP contribution in [0, 0.1) is 12.8 Å². The first kappa shape index (κ1) is 15.0. The van der Waals surface area contributed by atoms with Gasteiger partial charge in [0.1, 0.15) is 0 Å². The molecule has 1 N–H and O–H groups in total. The summed E-state index contributed by atoms with van der Waals surface area (Å²) in [6.45, 7) is 1.80. The summed E-state index contributed by atoms with van der Waals surface area (Å²) >= 11 is 0. The minimum atomic E-state index is -4.52. The van der Waals surface area contributed by atoms with Gasteiger partial charge in [0.15, 0.2) is 5.69 Å². The fourth-order valence-corrected chi connectivity index (χ4v) is 2.73. The maximum Gasteiger partial charge on any atom is 0.435 e. The molecule has 0 radical (unpaired) electrons. The number of hydrogen-bond donors (Lipinski definition) is 1. The van der Waals surface area contributed by atoms with Crippen molar-refractivity contribution in [1.82, 2.24) is 14.8 Å². The average molecular weight is 311 g/mol. The molecular weight excluding hydrogens is 295 g/mol. The predicted molar refractivity (Wildman–Crippen MR) is 74.0 cm³/mol. The fraction of sp³-hybridized carbons (Fsp3) is 0.467. The molecule has 4 nitrogen and oxygen atoms in total. The number of aliphatic hydroxyl groups is 1. The molecule has 22 heavy (non-hydrogen) atoms. The van der Waals surface area contributed by atoms with E-state index in [4.69, 9.17) is 5.11 Å². The third-order valence-corrected chi connectivity index (χ3v) is 4.01. The van der Waals surface area contributed by atoms with Crippen molar-refractivity contribution in [2.24, 2.45) is 5.92 Å². The molecule has 1 fully saturated rings. The predicted octanol–water partition coefficient (Wildman–Crippen LogP) is 3.22. The molecule has 1 aliphatic rings. The van der Waals surface area contributed by atoms with Crippen molar-refractivity contribution in [2.75, 3.05) is 6.61 Å². The highest BCUT2D eigenvalue weighted by Crippen LogP contribution is 2.41. The summed E-state index contributed by atoms with van der Waals surface area (Å²) in [4.78, 5) is 4.17. The molecule has 0 spiro atoms. The molecule has 1 aliphatic carbocycles. The van der Waals surface area contributed by atoms with Gasteiger partial charge in [0.2, 0.25) is 0 Å². The second kappa shape index (κ2) is 5.39. The Morgan fingerprint density at radius 1 is 1.32 bits per heavy atom. The van der Waals surface area contributed by atoms with Gasteiger partial charge in [-0.05, 0) is 37.8 Å². The molecule has 0 atom stereocenters. The molecule has 0 bridgehead atoms. The van der Waals surface area contributed by atoms with Gasteiger partial charge >= 0.3 is 6.18 Å². The van der Waals surface area contributed by atoms with E-state index in [-0.39, 0.29) is 29.8 Å². The molecule has 3 rings (SSSR count). The van der Waals surface area contributed by atoms with Gasteiger partial charge in [0.05, 0.1) is 17.3 Å². The SMILES string of the molecule is Cc1cccc(-c2cn(C3CC(CO)C3)nc2C(F)(F)F)n1. The molecule has 0 amide bonds. The molecule has 2 aromatic rings. The molecule has 2 aromatic heterocycles. The number of aromatic nitrogens is 3. The molecule has 7 heteroatoms. The minimum absolute atomic E-state index is 0.00338. The quantitative estimate of drug-likeness (QED) is 0.947. The second-order valence-corrected chi connectivity index (χ2v) is 5.71. The van der Waals surface area contributed by atoms with Crippen molar-refractivity contribution in [3.63, 3.8) is 0 Å². The number of halogens is 3. The molecular formula is C15H16F3N3O. The summed E-state index contributed by atoms with van der Waals surface area (Å²) in [5.74, 6) is 0.157. The molecule has 1 saturated carbocycles. The third-order valence-electron chi connectivity index (χ3n) is 4.01. The smallest absolute Gasteiger partial charge is 0.396 e. The number of alkyl halides is 3. The Morgan fingerprint density at radius 3 is 2.64 bits per heavy atom. The number of hydrogen-bond acceptors (Lipinski definition) is 3. The number of aliphatic hydroxyl groups excluding tert-OH is 1. The highest BCUT2D eigenvalue weighted by atomic mass is 19.4.